The molecule has 0 unspecified atom stereocenters. The molecule has 0 bridgehead atoms. The number of carbonyl (C=O) groups is 1. The van der Waals surface area contributed by atoms with Gasteiger partial charge in [-0.25, -0.2) is 14.0 Å². The minimum absolute atomic E-state index is 0.0386. The fourth-order valence-corrected chi connectivity index (χ4v) is 3.15. The normalized spacial score (nSPS) is 11.3. The first-order valence-corrected chi connectivity index (χ1v) is 9.59. The summed E-state index contributed by atoms with van der Waals surface area (Å²) in [5.41, 5.74) is 3.06. The maximum atomic E-state index is 13.3. The van der Waals surface area contributed by atoms with E-state index in [1.807, 2.05) is 23.7 Å². The van der Waals surface area contributed by atoms with Crippen molar-refractivity contribution >= 4 is 50.8 Å². The van der Waals surface area contributed by atoms with Gasteiger partial charge in [0, 0.05) is 5.69 Å². The van der Waals surface area contributed by atoms with Gasteiger partial charge in [0.1, 0.15) is 5.82 Å². The van der Waals surface area contributed by atoms with Crippen LogP contribution in [0.3, 0.4) is 0 Å². The number of hydrogen-bond acceptors (Lipinski definition) is 7. The maximum Gasteiger partial charge on any atom is 0.234 e. The summed E-state index contributed by atoms with van der Waals surface area (Å²) in [4.78, 5) is 16.2. The second-order valence-corrected chi connectivity index (χ2v) is 7.11. The lowest BCUT2D eigenvalue weighted by Crippen LogP contribution is -2.21. The molecule has 28 heavy (non-hydrogen) atoms. The first kappa shape index (κ1) is 20.0. The van der Waals surface area contributed by atoms with Crippen molar-refractivity contribution in [2.45, 2.75) is 5.03 Å². The number of thioether (sulfide) groups is 1. The number of aliphatic imine (C=N–C) groups is 1. The Balaban J connectivity index is 1.71. The molecule has 0 fully saturated rings. The zero-order valence-corrected chi connectivity index (χ0v) is 16.5. The molecule has 0 atom stereocenters. The fourth-order valence-electron chi connectivity index (χ4n) is 2.09. The standard InChI is InChI=1S/C17H13BrFN5O3S/c18-12-8-11(6-7-13(12)19)21-16(22-26)15-17(24-27-23-15)28-9-14(25)20-10-4-2-1-3-5-10/h1-8,26H,9H2,(H,20,25)(H,21,22). The number of amides is 1. The summed E-state index contributed by atoms with van der Waals surface area (Å²) >= 11 is 4.13. The van der Waals surface area contributed by atoms with Crippen molar-refractivity contribution in [2.24, 2.45) is 4.99 Å². The minimum atomic E-state index is -0.443. The number of hydroxylamine groups is 1. The Morgan fingerprint density at radius 3 is 2.75 bits per heavy atom. The molecule has 2 aromatic carbocycles. The van der Waals surface area contributed by atoms with Crippen LogP contribution in [0, 0.1) is 5.82 Å². The molecule has 11 heteroatoms. The largest absolute Gasteiger partial charge is 0.325 e. The number of anilines is 1. The van der Waals surface area contributed by atoms with E-state index in [9.17, 15) is 14.4 Å². The van der Waals surface area contributed by atoms with E-state index in [0.29, 0.717) is 11.4 Å². The average molecular weight is 466 g/mol. The Morgan fingerprint density at radius 1 is 1.25 bits per heavy atom. The van der Waals surface area contributed by atoms with E-state index in [1.54, 1.807) is 12.1 Å². The maximum absolute atomic E-state index is 13.3. The van der Waals surface area contributed by atoms with Crippen LogP contribution in [-0.2, 0) is 4.79 Å². The Kier molecular flexibility index (Phi) is 6.74. The highest BCUT2D eigenvalue weighted by atomic mass is 79.9. The number of rotatable bonds is 6. The van der Waals surface area contributed by atoms with Crippen molar-refractivity contribution in [3.63, 3.8) is 0 Å². The Labute approximate surface area is 171 Å². The lowest BCUT2D eigenvalue weighted by atomic mass is 10.3. The summed E-state index contributed by atoms with van der Waals surface area (Å²) < 4.78 is 18.3. The molecule has 0 aliphatic rings. The molecule has 144 valence electrons. The fraction of sp³-hybridized carbons (Fsp3) is 0.0588. The second kappa shape index (κ2) is 9.44. The zero-order valence-electron chi connectivity index (χ0n) is 14.1. The van der Waals surface area contributed by atoms with Crippen LogP contribution < -0.4 is 10.8 Å². The van der Waals surface area contributed by atoms with Crippen LogP contribution in [0.25, 0.3) is 0 Å². The predicted molar refractivity (Wildman–Crippen MR) is 105 cm³/mol. The number of halogens is 2. The number of para-hydroxylation sites is 1. The summed E-state index contributed by atoms with van der Waals surface area (Å²) in [5, 5.41) is 19.9. The van der Waals surface area contributed by atoms with Crippen molar-refractivity contribution in [3.8, 4) is 0 Å². The van der Waals surface area contributed by atoms with Gasteiger partial charge in [0.25, 0.3) is 0 Å². The minimum Gasteiger partial charge on any atom is -0.325 e. The van der Waals surface area contributed by atoms with E-state index in [-0.39, 0.29) is 32.7 Å². The van der Waals surface area contributed by atoms with Crippen molar-refractivity contribution in [2.75, 3.05) is 11.1 Å². The van der Waals surface area contributed by atoms with Crippen molar-refractivity contribution in [3.05, 3.63) is 64.5 Å². The van der Waals surface area contributed by atoms with Crippen molar-refractivity contribution in [1.29, 1.82) is 0 Å². The monoisotopic (exact) mass is 465 g/mol. The summed E-state index contributed by atoms with van der Waals surface area (Å²) in [6.45, 7) is 0. The quantitative estimate of drug-likeness (QED) is 0.220. The van der Waals surface area contributed by atoms with Crippen LogP contribution in [0.15, 0.2) is 67.7 Å². The molecule has 3 rings (SSSR count). The van der Waals surface area contributed by atoms with Gasteiger partial charge in [0.05, 0.1) is 15.9 Å². The molecule has 3 aromatic rings. The first-order chi connectivity index (χ1) is 13.6. The average Bonchev–Trinajstić information content (AvgIpc) is 3.16. The highest BCUT2D eigenvalue weighted by molar-refractivity contribution is 9.10. The summed E-state index contributed by atoms with van der Waals surface area (Å²) in [6.07, 6.45) is 0. The van der Waals surface area contributed by atoms with Gasteiger partial charge in [-0.15, -0.1) is 0 Å². The molecule has 1 aromatic heterocycles. The zero-order chi connectivity index (χ0) is 19.9. The molecule has 0 aliphatic heterocycles. The number of amidine groups is 1. The van der Waals surface area contributed by atoms with Crippen LogP contribution in [0.2, 0.25) is 0 Å². The van der Waals surface area contributed by atoms with E-state index < -0.39 is 5.82 Å². The lowest BCUT2D eigenvalue weighted by molar-refractivity contribution is -0.113. The highest BCUT2D eigenvalue weighted by Crippen LogP contribution is 2.24. The topological polar surface area (TPSA) is 113 Å². The van der Waals surface area contributed by atoms with Crippen LogP contribution >= 0.6 is 27.7 Å². The number of nitrogens with one attached hydrogen (secondary N) is 2. The molecule has 8 nitrogen and oxygen atoms in total. The third kappa shape index (κ3) is 5.15. The molecule has 0 spiro atoms. The smallest absolute Gasteiger partial charge is 0.234 e. The number of nitrogens with zero attached hydrogens (tertiary/aromatic N) is 3. The van der Waals surface area contributed by atoms with Gasteiger partial charge in [-0.3, -0.25) is 15.5 Å². The van der Waals surface area contributed by atoms with Crippen molar-refractivity contribution < 1.29 is 19.0 Å². The summed E-state index contributed by atoms with van der Waals surface area (Å²) in [5.74, 6) is -0.716. The molecule has 0 aliphatic carbocycles. The van der Waals surface area contributed by atoms with E-state index in [2.05, 4.69) is 36.6 Å². The van der Waals surface area contributed by atoms with Gasteiger partial charge in [-0.1, -0.05) is 30.0 Å². The van der Waals surface area contributed by atoms with Crippen LogP contribution in [0.1, 0.15) is 5.69 Å². The Morgan fingerprint density at radius 2 is 2.04 bits per heavy atom. The molecule has 1 amide bonds. The molecule has 0 radical (unpaired) electrons. The van der Waals surface area contributed by atoms with Gasteiger partial charge in [-0.2, -0.15) is 0 Å². The van der Waals surface area contributed by atoms with Gasteiger partial charge >= 0.3 is 0 Å². The molecule has 0 saturated carbocycles. The summed E-state index contributed by atoms with van der Waals surface area (Å²) in [7, 11) is 0. The van der Waals surface area contributed by atoms with Gasteiger partial charge in [-0.05, 0) is 56.6 Å². The number of aromatic nitrogens is 2. The third-order valence-corrected chi connectivity index (χ3v) is 4.89. The molecule has 3 N–H and O–H groups in total. The third-order valence-electron chi connectivity index (χ3n) is 3.33. The predicted octanol–water partition coefficient (Wildman–Crippen LogP) is 3.76. The number of carbonyl (C=O) groups excluding carboxylic acids is 1. The molecule has 1 heterocycles. The first-order valence-electron chi connectivity index (χ1n) is 7.81. The van der Waals surface area contributed by atoms with Gasteiger partial charge in [0.2, 0.25) is 5.91 Å². The van der Waals surface area contributed by atoms with Gasteiger partial charge in [0.15, 0.2) is 16.6 Å². The molecule has 0 saturated heterocycles. The van der Waals surface area contributed by atoms with Crippen LogP contribution in [0.4, 0.5) is 15.8 Å². The summed E-state index contributed by atoms with van der Waals surface area (Å²) in [6, 6.07) is 13.1. The molecular weight excluding hydrogens is 453 g/mol. The Hall–Kier alpha value is -2.76. The van der Waals surface area contributed by atoms with Gasteiger partial charge < -0.3 is 5.32 Å². The van der Waals surface area contributed by atoms with Crippen LogP contribution in [0.5, 0.6) is 0 Å². The number of benzene rings is 2. The van der Waals surface area contributed by atoms with E-state index in [0.717, 1.165) is 11.8 Å². The highest BCUT2D eigenvalue weighted by Gasteiger charge is 2.18. The SMILES string of the molecule is O=C(CSc1nonc1C(=Nc1ccc(F)c(Br)c1)NO)Nc1ccccc1. The van der Waals surface area contributed by atoms with E-state index >= 15 is 0 Å². The lowest BCUT2D eigenvalue weighted by Gasteiger charge is -2.05. The second-order valence-electron chi connectivity index (χ2n) is 5.29. The Bertz CT molecular complexity index is 999. The number of hydrogen-bond donors (Lipinski definition) is 3. The van der Waals surface area contributed by atoms with Crippen molar-refractivity contribution in [1.82, 2.24) is 15.8 Å². The van der Waals surface area contributed by atoms with Crippen LogP contribution in [-0.4, -0.2) is 33.0 Å². The van der Waals surface area contributed by atoms with E-state index in [1.165, 1.54) is 18.2 Å². The van der Waals surface area contributed by atoms with E-state index in [4.69, 9.17) is 4.63 Å². The molecular formula is C17H13BrFN5O3S.